The number of nitrogens with zero attached hydrogens (tertiary/aromatic N) is 4. The Hall–Kier alpha value is -2.67. The van der Waals surface area contributed by atoms with Gasteiger partial charge >= 0.3 is 6.09 Å². The minimum atomic E-state index is -0.432. The first kappa shape index (κ1) is 17.2. The van der Waals surface area contributed by atoms with E-state index < -0.39 is 6.09 Å². The van der Waals surface area contributed by atoms with E-state index in [1.807, 2.05) is 22.8 Å². The molecule has 0 fully saturated rings. The van der Waals surface area contributed by atoms with Crippen LogP contribution in [-0.2, 0) is 6.54 Å². The van der Waals surface area contributed by atoms with Crippen LogP contribution in [0.5, 0.6) is 5.75 Å². The van der Waals surface area contributed by atoms with Gasteiger partial charge in [-0.15, -0.1) is 0 Å². The van der Waals surface area contributed by atoms with Crippen LogP contribution in [0.2, 0.25) is 5.15 Å². The van der Waals surface area contributed by atoms with E-state index in [0.29, 0.717) is 23.0 Å². The monoisotopic (exact) mass is 359 g/mol. The smallest absolute Gasteiger partial charge is 0.410 e. The second-order valence-corrected chi connectivity index (χ2v) is 5.82. The Morgan fingerprint density at radius 1 is 1.12 bits per heavy atom. The number of carbonyl (C=O) groups excluding carboxylic acids is 1. The Kier molecular flexibility index (Phi) is 5.79. The van der Waals surface area contributed by atoms with Crippen LogP contribution >= 0.6 is 11.6 Å². The zero-order valence-corrected chi connectivity index (χ0v) is 14.3. The molecule has 0 radical (unpaired) electrons. The van der Waals surface area contributed by atoms with Gasteiger partial charge in [0.2, 0.25) is 0 Å². The highest BCUT2D eigenvalue weighted by molar-refractivity contribution is 6.33. The first-order valence-electron chi connectivity index (χ1n) is 8.06. The van der Waals surface area contributed by atoms with E-state index in [1.54, 1.807) is 18.5 Å². The fourth-order valence-electron chi connectivity index (χ4n) is 2.42. The molecule has 1 N–H and O–H groups in total. The van der Waals surface area contributed by atoms with Crippen molar-refractivity contribution in [3.05, 3.63) is 48.1 Å². The van der Waals surface area contributed by atoms with Crippen molar-refractivity contribution in [3.63, 3.8) is 0 Å². The Bertz CT molecular complexity index is 837. The quantitative estimate of drug-likeness (QED) is 0.516. The number of rotatable bonds is 7. The molecule has 0 saturated heterocycles. The summed E-state index contributed by atoms with van der Waals surface area (Å²) in [5.41, 5.74) is 1.36. The lowest BCUT2D eigenvalue weighted by atomic mass is 10.2. The van der Waals surface area contributed by atoms with Crippen LogP contribution in [0.4, 0.5) is 4.79 Å². The molecule has 3 aromatic rings. The van der Waals surface area contributed by atoms with Gasteiger partial charge in [0, 0.05) is 13.1 Å². The van der Waals surface area contributed by atoms with Gasteiger partial charge in [0.05, 0.1) is 6.33 Å². The third-order valence-electron chi connectivity index (χ3n) is 3.66. The average Bonchev–Trinajstić information content (AvgIpc) is 3.03. The molecular weight excluding hydrogens is 342 g/mol. The summed E-state index contributed by atoms with van der Waals surface area (Å²) >= 11 is 5.98. The fraction of sp³-hybridized carbons (Fsp3) is 0.294. The summed E-state index contributed by atoms with van der Waals surface area (Å²) < 4.78 is 7.11. The predicted molar refractivity (Wildman–Crippen MR) is 94.7 cm³/mol. The SMILES string of the molecule is O=C(NCCCCCn1cnc2c(Cl)ncnc21)Oc1ccccc1. The fourth-order valence-corrected chi connectivity index (χ4v) is 2.60. The van der Waals surface area contributed by atoms with Gasteiger partial charge in [0.25, 0.3) is 0 Å². The normalized spacial score (nSPS) is 10.8. The number of hydrogen-bond donors (Lipinski definition) is 1. The van der Waals surface area contributed by atoms with Gasteiger partial charge in [0.15, 0.2) is 10.8 Å². The molecule has 2 aromatic heterocycles. The standard InChI is InChI=1S/C17H18ClN5O2/c18-15-14-16(21-11-20-15)23(12-22-14)10-6-2-5-9-19-17(24)25-13-7-3-1-4-8-13/h1,3-4,7-8,11-12H,2,5-6,9-10H2,(H,19,24). The number of aromatic nitrogens is 4. The molecule has 0 aliphatic rings. The maximum atomic E-state index is 11.6. The number of para-hydroxylation sites is 1. The molecule has 0 spiro atoms. The Labute approximate surface area is 150 Å². The number of amides is 1. The summed E-state index contributed by atoms with van der Waals surface area (Å²) in [7, 11) is 0. The Morgan fingerprint density at radius 3 is 2.80 bits per heavy atom. The molecule has 25 heavy (non-hydrogen) atoms. The molecule has 7 nitrogen and oxygen atoms in total. The first-order valence-corrected chi connectivity index (χ1v) is 8.44. The molecule has 0 aliphatic carbocycles. The highest BCUT2D eigenvalue weighted by atomic mass is 35.5. The summed E-state index contributed by atoms with van der Waals surface area (Å²) in [6.07, 6.45) is 5.50. The minimum absolute atomic E-state index is 0.366. The number of nitrogens with one attached hydrogen (secondary N) is 1. The lowest BCUT2D eigenvalue weighted by Crippen LogP contribution is -2.27. The number of imidazole rings is 1. The van der Waals surface area contributed by atoms with Gasteiger partial charge in [-0.2, -0.15) is 0 Å². The highest BCUT2D eigenvalue weighted by Crippen LogP contribution is 2.17. The molecule has 8 heteroatoms. The number of halogens is 1. The van der Waals surface area contributed by atoms with Gasteiger partial charge in [0.1, 0.15) is 17.6 Å². The molecule has 1 aromatic carbocycles. The van der Waals surface area contributed by atoms with Crippen molar-refractivity contribution in [1.82, 2.24) is 24.8 Å². The number of hydrogen-bond acceptors (Lipinski definition) is 5. The maximum absolute atomic E-state index is 11.6. The van der Waals surface area contributed by atoms with E-state index in [1.165, 1.54) is 6.33 Å². The zero-order valence-electron chi connectivity index (χ0n) is 13.6. The molecule has 0 aliphatic heterocycles. The Balaban J connectivity index is 1.35. The molecule has 0 atom stereocenters. The van der Waals surface area contributed by atoms with E-state index in [2.05, 4.69) is 20.3 Å². The number of carbonyl (C=O) groups is 1. The van der Waals surface area contributed by atoms with Crippen molar-refractivity contribution in [2.45, 2.75) is 25.8 Å². The topological polar surface area (TPSA) is 81.9 Å². The summed E-state index contributed by atoms with van der Waals surface area (Å²) in [6.45, 7) is 1.36. The van der Waals surface area contributed by atoms with Crippen LogP contribution < -0.4 is 10.1 Å². The van der Waals surface area contributed by atoms with Crippen LogP contribution in [0.25, 0.3) is 11.2 Å². The Morgan fingerprint density at radius 2 is 1.96 bits per heavy atom. The van der Waals surface area contributed by atoms with E-state index in [0.717, 1.165) is 31.5 Å². The molecule has 130 valence electrons. The first-order chi connectivity index (χ1) is 12.2. The second kappa shape index (κ2) is 8.43. The number of aryl methyl sites for hydroxylation is 1. The molecule has 0 saturated carbocycles. The largest absolute Gasteiger partial charge is 0.412 e. The molecular formula is C17H18ClN5O2. The molecule has 0 unspecified atom stereocenters. The van der Waals surface area contributed by atoms with E-state index >= 15 is 0 Å². The lowest BCUT2D eigenvalue weighted by molar-refractivity contribution is 0.200. The summed E-state index contributed by atoms with van der Waals surface area (Å²) in [6, 6.07) is 8.99. The number of ether oxygens (including phenoxy) is 1. The molecule has 3 rings (SSSR count). The van der Waals surface area contributed by atoms with Crippen molar-refractivity contribution in [2.75, 3.05) is 6.54 Å². The maximum Gasteiger partial charge on any atom is 0.412 e. The van der Waals surface area contributed by atoms with Crippen molar-refractivity contribution in [1.29, 1.82) is 0 Å². The number of fused-ring (bicyclic) bond motifs is 1. The van der Waals surface area contributed by atoms with Gasteiger partial charge in [-0.05, 0) is 31.4 Å². The summed E-state index contributed by atoms with van der Waals surface area (Å²) in [5, 5.41) is 3.11. The van der Waals surface area contributed by atoms with Crippen LogP contribution in [0.15, 0.2) is 43.0 Å². The van der Waals surface area contributed by atoms with E-state index in [9.17, 15) is 4.79 Å². The summed E-state index contributed by atoms with van der Waals surface area (Å²) in [4.78, 5) is 24.0. The number of benzene rings is 1. The zero-order chi connectivity index (χ0) is 17.5. The minimum Gasteiger partial charge on any atom is -0.410 e. The molecule has 0 bridgehead atoms. The van der Waals surface area contributed by atoms with Crippen molar-refractivity contribution >= 4 is 28.9 Å². The van der Waals surface area contributed by atoms with Crippen molar-refractivity contribution in [3.8, 4) is 5.75 Å². The average molecular weight is 360 g/mol. The number of unbranched alkanes of at least 4 members (excludes halogenated alkanes) is 2. The van der Waals surface area contributed by atoms with Crippen LogP contribution in [0, 0.1) is 0 Å². The third-order valence-corrected chi connectivity index (χ3v) is 3.93. The molecule has 1 amide bonds. The molecule has 2 heterocycles. The van der Waals surface area contributed by atoms with Gasteiger partial charge in [-0.25, -0.2) is 19.7 Å². The third kappa shape index (κ3) is 4.67. The van der Waals surface area contributed by atoms with E-state index in [4.69, 9.17) is 16.3 Å². The second-order valence-electron chi connectivity index (χ2n) is 5.46. The van der Waals surface area contributed by atoms with E-state index in [-0.39, 0.29) is 0 Å². The predicted octanol–water partition coefficient (Wildman–Crippen LogP) is 3.44. The highest BCUT2D eigenvalue weighted by Gasteiger charge is 2.08. The van der Waals surface area contributed by atoms with Gasteiger partial charge in [-0.1, -0.05) is 29.8 Å². The summed E-state index contributed by atoms with van der Waals surface area (Å²) in [5.74, 6) is 0.535. The van der Waals surface area contributed by atoms with Crippen LogP contribution in [-0.4, -0.2) is 32.2 Å². The lowest BCUT2D eigenvalue weighted by Gasteiger charge is -2.07. The van der Waals surface area contributed by atoms with Gasteiger partial charge in [-0.3, -0.25) is 0 Å². The van der Waals surface area contributed by atoms with Gasteiger partial charge < -0.3 is 14.6 Å². The van der Waals surface area contributed by atoms with Crippen LogP contribution in [0.3, 0.4) is 0 Å². The van der Waals surface area contributed by atoms with Crippen molar-refractivity contribution in [2.24, 2.45) is 0 Å². The van der Waals surface area contributed by atoms with Crippen LogP contribution in [0.1, 0.15) is 19.3 Å². The van der Waals surface area contributed by atoms with Crippen molar-refractivity contribution < 1.29 is 9.53 Å².